The van der Waals surface area contributed by atoms with Gasteiger partial charge in [-0.3, -0.25) is 24.0 Å². The van der Waals surface area contributed by atoms with Crippen molar-refractivity contribution in [1.82, 2.24) is 16.0 Å². The number of primary amides is 1. The van der Waals surface area contributed by atoms with Crippen molar-refractivity contribution in [3.8, 4) is 5.75 Å². The van der Waals surface area contributed by atoms with E-state index in [1.165, 1.54) is 24.3 Å². The summed E-state index contributed by atoms with van der Waals surface area (Å²) in [6.07, 6.45) is -1.05. The van der Waals surface area contributed by atoms with Gasteiger partial charge >= 0.3 is 11.9 Å². The Hall–Kier alpha value is -4.20. The lowest BCUT2D eigenvalue weighted by atomic mass is 10.00. The van der Waals surface area contributed by atoms with Crippen molar-refractivity contribution in [2.45, 2.75) is 70.1 Å². The summed E-state index contributed by atoms with van der Waals surface area (Å²) in [6, 6.07) is 0.307. The van der Waals surface area contributed by atoms with E-state index in [0.717, 1.165) is 0 Å². The largest absolute Gasteiger partial charge is 0.508 e. The molecule has 4 atom stereocenters. The number of phenolic OH excluding ortho intramolecular Hbond substituents is 1. The number of hydrogen-bond acceptors (Lipinski definition) is 8. The van der Waals surface area contributed by atoms with Gasteiger partial charge in [0.05, 0.1) is 12.5 Å². The lowest BCUT2D eigenvalue weighted by Gasteiger charge is -2.26. The molecule has 10 N–H and O–H groups in total. The summed E-state index contributed by atoms with van der Waals surface area (Å²) in [6.45, 7) is 3.59. The first-order valence-corrected chi connectivity index (χ1v) is 11.9. The fraction of sp³-hybridized carbons (Fsp3) is 0.500. The molecule has 0 aliphatic rings. The van der Waals surface area contributed by atoms with Gasteiger partial charge in [0.15, 0.2) is 0 Å². The Bertz CT molecular complexity index is 1010. The number of phenols is 1. The van der Waals surface area contributed by atoms with Gasteiger partial charge in [0.1, 0.15) is 23.9 Å². The van der Waals surface area contributed by atoms with E-state index in [1.54, 1.807) is 13.8 Å². The minimum absolute atomic E-state index is 0.0385. The first kappa shape index (κ1) is 31.8. The summed E-state index contributed by atoms with van der Waals surface area (Å²) in [4.78, 5) is 72.1. The van der Waals surface area contributed by atoms with Crippen LogP contribution < -0.4 is 27.4 Å². The van der Waals surface area contributed by atoms with E-state index < -0.39 is 66.2 Å². The van der Waals surface area contributed by atoms with Gasteiger partial charge in [-0.15, -0.1) is 0 Å². The van der Waals surface area contributed by atoms with Crippen LogP contribution in [-0.4, -0.2) is 75.1 Å². The van der Waals surface area contributed by atoms with E-state index in [4.69, 9.17) is 16.6 Å². The van der Waals surface area contributed by atoms with E-state index in [1.807, 2.05) is 0 Å². The zero-order valence-corrected chi connectivity index (χ0v) is 21.2. The van der Waals surface area contributed by atoms with Crippen LogP contribution in [0.15, 0.2) is 24.3 Å². The standard InChI is InChI=1S/C24H35N5O9/c1-12(2)9-16(27-21(34)15(25)7-8-19(26)31)22(35)28-17(10-13-3-5-14(30)6-4-13)23(36)29-18(24(37)38)11-20(32)33/h3-6,12,15-18,30H,7-11,25H2,1-2H3,(H2,26,31)(H,27,34)(H,28,35)(H,29,36)(H,32,33)(H,37,38). The molecule has 1 aromatic rings. The quantitative estimate of drug-likeness (QED) is 0.122. The number of carbonyl (C=O) groups excluding carboxylic acids is 4. The van der Waals surface area contributed by atoms with Gasteiger partial charge in [-0.25, -0.2) is 4.79 Å². The summed E-state index contributed by atoms with van der Waals surface area (Å²) >= 11 is 0. The van der Waals surface area contributed by atoms with Gasteiger partial charge in [-0.2, -0.15) is 0 Å². The van der Waals surface area contributed by atoms with E-state index in [0.29, 0.717) is 5.56 Å². The number of rotatable bonds is 16. The number of aliphatic carboxylic acids is 2. The monoisotopic (exact) mass is 537 g/mol. The number of aromatic hydroxyl groups is 1. The maximum atomic E-state index is 13.2. The van der Waals surface area contributed by atoms with Gasteiger partial charge in [0.2, 0.25) is 23.6 Å². The molecule has 210 valence electrons. The van der Waals surface area contributed by atoms with Crippen LogP contribution in [0, 0.1) is 5.92 Å². The number of benzene rings is 1. The maximum absolute atomic E-state index is 13.2. The topological polar surface area (TPSA) is 251 Å². The number of nitrogens with one attached hydrogen (secondary N) is 3. The predicted molar refractivity (Wildman–Crippen MR) is 133 cm³/mol. The molecule has 0 bridgehead atoms. The first-order valence-electron chi connectivity index (χ1n) is 11.9. The molecule has 38 heavy (non-hydrogen) atoms. The van der Waals surface area contributed by atoms with Crippen molar-refractivity contribution >= 4 is 35.6 Å². The maximum Gasteiger partial charge on any atom is 0.326 e. The second kappa shape index (κ2) is 15.1. The van der Waals surface area contributed by atoms with Crippen LogP contribution in [0.2, 0.25) is 0 Å². The summed E-state index contributed by atoms with van der Waals surface area (Å²) in [7, 11) is 0. The van der Waals surface area contributed by atoms with Crippen molar-refractivity contribution in [2.24, 2.45) is 17.4 Å². The average Bonchev–Trinajstić information content (AvgIpc) is 2.81. The Balaban J connectivity index is 3.15. The Morgan fingerprint density at radius 2 is 1.37 bits per heavy atom. The smallest absolute Gasteiger partial charge is 0.326 e. The average molecular weight is 538 g/mol. The molecular formula is C24H35N5O9. The highest BCUT2D eigenvalue weighted by Crippen LogP contribution is 2.13. The molecule has 0 spiro atoms. The molecule has 1 aromatic carbocycles. The summed E-state index contributed by atoms with van der Waals surface area (Å²) in [5.41, 5.74) is 11.4. The van der Waals surface area contributed by atoms with Crippen molar-refractivity contribution in [1.29, 1.82) is 0 Å². The Kier molecular flexibility index (Phi) is 12.7. The van der Waals surface area contributed by atoms with Crippen LogP contribution in [0.3, 0.4) is 0 Å². The molecule has 4 unspecified atom stereocenters. The molecule has 0 aromatic heterocycles. The summed E-state index contributed by atoms with van der Waals surface area (Å²) in [5.74, 6) is -6.24. The van der Waals surface area contributed by atoms with Crippen LogP contribution in [0.25, 0.3) is 0 Å². The summed E-state index contributed by atoms with van der Waals surface area (Å²) in [5, 5.41) is 34.9. The second-order valence-corrected chi connectivity index (χ2v) is 9.23. The molecule has 4 amide bonds. The minimum Gasteiger partial charge on any atom is -0.508 e. The van der Waals surface area contributed by atoms with Gasteiger partial charge in [0.25, 0.3) is 0 Å². The Morgan fingerprint density at radius 1 is 0.842 bits per heavy atom. The first-order chi connectivity index (χ1) is 17.7. The van der Waals surface area contributed by atoms with E-state index in [2.05, 4.69) is 16.0 Å². The third-order valence-corrected chi connectivity index (χ3v) is 5.38. The molecule has 0 saturated carbocycles. The fourth-order valence-corrected chi connectivity index (χ4v) is 3.41. The Morgan fingerprint density at radius 3 is 1.87 bits per heavy atom. The summed E-state index contributed by atoms with van der Waals surface area (Å²) < 4.78 is 0. The molecular weight excluding hydrogens is 502 g/mol. The highest BCUT2D eigenvalue weighted by Gasteiger charge is 2.31. The Labute approximate surface area is 219 Å². The van der Waals surface area contributed by atoms with Gasteiger partial charge in [-0.1, -0.05) is 26.0 Å². The molecule has 0 heterocycles. The lowest BCUT2D eigenvalue weighted by Crippen LogP contribution is -2.58. The van der Waals surface area contributed by atoms with Crippen molar-refractivity contribution in [3.63, 3.8) is 0 Å². The normalized spacial score (nSPS) is 14.0. The highest BCUT2D eigenvalue weighted by molar-refractivity contribution is 5.94. The molecule has 0 aliphatic carbocycles. The molecule has 0 fully saturated rings. The predicted octanol–water partition coefficient (Wildman–Crippen LogP) is -1.41. The second-order valence-electron chi connectivity index (χ2n) is 9.23. The van der Waals surface area contributed by atoms with Crippen LogP contribution in [0.4, 0.5) is 0 Å². The molecule has 14 heteroatoms. The highest BCUT2D eigenvalue weighted by atomic mass is 16.4. The number of hydrogen-bond donors (Lipinski definition) is 8. The van der Waals surface area contributed by atoms with Gasteiger partial charge in [-0.05, 0) is 36.5 Å². The van der Waals surface area contributed by atoms with E-state index in [-0.39, 0.29) is 37.4 Å². The van der Waals surface area contributed by atoms with E-state index in [9.17, 15) is 39.0 Å². The minimum atomic E-state index is -1.76. The number of amides is 4. The van der Waals surface area contributed by atoms with Crippen molar-refractivity contribution < 1.29 is 44.1 Å². The molecule has 1 rings (SSSR count). The van der Waals surface area contributed by atoms with E-state index >= 15 is 0 Å². The fourth-order valence-electron chi connectivity index (χ4n) is 3.41. The lowest BCUT2D eigenvalue weighted by molar-refractivity contribution is -0.147. The number of carbonyl (C=O) groups is 6. The van der Waals surface area contributed by atoms with Crippen LogP contribution in [0.5, 0.6) is 5.75 Å². The molecule has 0 radical (unpaired) electrons. The van der Waals surface area contributed by atoms with Gasteiger partial charge in [0, 0.05) is 12.8 Å². The molecule has 0 saturated heterocycles. The molecule has 0 aliphatic heterocycles. The number of nitrogens with two attached hydrogens (primary N) is 2. The van der Waals surface area contributed by atoms with Crippen molar-refractivity contribution in [3.05, 3.63) is 29.8 Å². The number of carboxylic acid groups (broad SMARTS) is 2. The van der Waals surface area contributed by atoms with Gasteiger partial charge < -0.3 is 42.7 Å². The molecule has 14 nitrogen and oxygen atoms in total. The zero-order valence-electron chi connectivity index (χ0n) is 21.2. The van der Waals surface area contributed by atoms with Crippen LogP contribution in [-0.2, 0) is 35.2 Å². The third-order valence-electron chi connectivity index (χ3n) is 5.38. The van der Waals surface area contributed by atoms with Crippen molar-refractivity contribution in [2.75, 3.05) is 0 Å². The zero-order chi connectivity index (χ0) is 29.0. The van der Waals surface area contributed by atoms with Crippen LogP contribution in [0.1, 0.15) is 45.1 Å². The van der Waals surface area contributed by atoms with Crippen LogP contribution >= 0.6 is 0 Å². The SMILES string of the molecule is CC(C)CC(NC(=O)C(N)CCC(N)=O)C(=O)NC(Cc1ccc(O)cc1)C(=O)NC(CC(=O)O)C(=O)O. The third kappa shape index (κ3) is 11.7. The number of carboxylic acids is 2.